The van der Waals surface area contributed by atoms with Crippen LogP contribution in [0.15, 0.2) is 23.3 Å². The van der Waals surface area contributed by atoms with Crippen molar-refractivity contribution in [1.82, 2.24) is 0 Å². The van der Waals surface area contributed by atoms with Gasteiger partial charge in [0.25, 0.3) is 0 Å². The summed E-state index contributed by atoms with van der Waals surface area (Å²) in [6, 6.07) is 0. The van der Waals surface area contributed by atoms with Gasteiger partial charge < -0.3 is 9.47 Å². The van der Waals surface area contributed by atoms with Crippen molar-refractivity contribution in [3.8, 4) is 0 Å². The van der Waals surface area contributed by atoms with Crippen LogP contribution in [0, 0.1) is 45.3 Å². The first kappa shape index (κ1) is 26.0. The molecule has 1 heterocycles. The Hall–Kier alpha value is -1.58. The zero-order chi connectivity index (χ0) is 26.3. The van der Waals surface area contributed by atoms with E-state index in [0.29, 0.717) is 17.8 Å². The lowest BCUT2D eigenvalue weighted by Crippen LogP contribution is -2.58. The van der Waals surface area contributed by atoms with Gasteiger partial charge in [0, 0.05) is 18.3 Å². The number of ether oxygens (including phenoxy) is 2. The molecule has 5 aliphatic rings. The normalized spacial score (nSPS) is 46.4. The fourth-order valence-electron chi connectivity index (χ4n) is 10.2. The lowest BCUT2D eigenvalue weighted by molar-refractivity contribution is -0.174. The highest BCUT2D eigenvalue weighted by Crippen LogP contribution is 2.74. The van der Waals surface area contributed by atoms with Crippen molar-refractivity contribution < 1.29 is 19.1 Å². The fraction of sp³-hybridized carbons (Fsp3) is 0.812. The number of rotatable bonds is 4. The topological polar surface area (TPSA) is 52.6 Å². The molecule has 0 bridgehead atoms. The monoisotopic (exact) mass is 496 g/mol. The smallest absolute Gasteiger partial charge is 0.309 e. The average Bonchev–Trinajstić information content (AvgIpc) is 3.19. The molecule has 0 N–H and O–H groups in total. The van der Waals surface area contributed by atoms with Crippen LogP contribution in [-0.4, -0.2) is 24.1 Å². The molecule has 4 aliphatic carbocycles. The van der Waals surface area contributed by atoms with E-state index < -0.39 is 0 Å². The van der Waals surface area contributed by atoms with Gasteiger partial charge in [-0.3, -0.25) is 9.59 Å². The van der Waals surface area contributed by atoms with Crippen molar-refractivity contribution in [2.75, 3.05) is 0 Å². The van der Waals surface area contributed by atoms with Gasteiger partial charge in [-0.2, -0.15) is 0 Å². The van der Waals surface area contributed by atoms with Crippen LogP contribution in [0.1, 0.15) is 107 Å². The van der Waals surface area contributed by atoms with Gasteiger partial charge in [0.15, 0.2) is 0 Å². The SMILES string of the molecule is CC(=O)O[C@@H]1CC[C@]2(C)[C@H]3CC[C@@]4(C)[C@H]5[C@H](C[C@]4(C)C3=CC[C@H]2C1(C)C)OC(=O)[C@@H]5CCC=C(C)C. The molecule has 0 aromatic carbocycles. The molecule has 0 aromatic heterocycles. The van der Waals surface area contributed by atoms with Crippen molar-refractivity contribution in [2.24, 2.45) is 45.3 Å². The van der Waals surface area contributed by atoms with E-state index in [2.05, 4.69) is 60.6 Å². The number of allylic oxidation sites excluding steroid dienone is 4. The molecule has 4 heteroatoms. The predicted molar refractivity (Wildman–Crippen MR) is 142 cm³/mol. The first-order chi connectivity index (χ1) is 16.8. The summed E-state index contributed by atoms with van der Waals surface area (Å²) in [4.78, 5) is 24.8. The van der Waals surface area contributed by atoms with E-state index in [-0.39, 0.29) is 51.7 Å². The van der Waals surface area contributed by atoms with Crippen molar-refractivity contribution in [3.05, 3.63) is 23.3 Å². The number of carbonyl (C=O) groups is 2. The second-order valence-corrected chi connectivity index (χ2v) is 14.4. The molecular weight excluding hydrogens is 448 g/mol. The van der Waals surface area contributed by atoms with Crippen LogP contribution in [0.4, 0.5) is 0 Å². The minimum absolute atomic E-state index is 0.000664. The summed E-state index contributed by atoms with van der Waals surface area (Å²) in [7, 11) is 0. The van der Waals surface area contributed by atoms with Gasteiger partial charge in [-0.05, 0) is 93.3 Å². The Balaban J connectivity index is 1.46. The molecule has 4 fully saturated rings. The maximum Gasteiger partial charge on any atom is 0.309 e. The molecule has 1 aliphatic heterocycles. The lowest BCUT2D eigenvalue weighted by atomic mass is 9.41. The van der Waals surface area contributed by atoms with E-state index in [0.717, 1.165) is 38.5 Å². The number of carbonyl (C=O) groups excluding carboxylic acids is 2. The lowest BCUT2D eigenvalue weighted by Gasteiger charge is -2.64. The Bertz CT molecular complexity index is 1000. The third-order valence-electron chi connectivity index (χ3n) is 12.2. The Morgan fingerprint density at radius 3 is 2.50 bits per heavy atom. The fourth-order valence-corrected chi connectivity index (χ4v) is 10.2. The van der Waals surface area contributed by atoms with Gasteiger partial charge in [-0.1, -0.05) is 57.9 Å². The molecule has 1 saturated heterocycles. The van der Waals surface area contributed by atoms with Crippen LogP contribution < -0.4 is 0 Å². The number of esters is 2. The zero-order valence-electron chi connectivity index (χ0n) is 23.9. The van der Waals surface area contributed by atoms with E-state index >= 15 is 0 Å². The Morgan fingerprint density at radius 1 is 1.11 bits per heavy atom. The van der Waals surface area contributed by atoms with E-state index in [1.165, 1.54) is 18.4 Å². The number of fused-ring (bicyclic) bond motifs is 7. The molecular formula is C32H48O4. The summed E-state index contributed by atoms with van der Waals surface area (Å²) in [5.41, 5.74) is 3.32. The maximum absolute atomic E-state index is 13.0. The Labute approximate surface area is 218 Å². The summed E-state index contributed by atoms with van der Waals surface area (Å²) in [6.45, 7) is 18.0. The highest BCUT2D eigenvalue weighted by Gasteiger charge is 2.71. The second kappa shape index (κ2) is 8.46. The first-order valence-corrected chi connectivity index (χ1v) is 14.5. The number of hydrogen-bond acceptors (Lipinski definition) is 4. The molecule has 0 amide bonds. The maximum atomic E-state index is 13.0. The molecule has 3 saturated carbocycles. The van der Waals surface area contributed by atoms with Gasteiger partial charge >= 0.3 is 11.9 Å². The molecule has 4 nitrogen and oxygen atoms in total. The van der Waals surface area contributed by atoms with Gasteiger partial charge in [-0.25, -0.2) is 0 Å². The van der Waals surface area contributed by atoms with Crippen LogP contribution in [0.2, 0.25) is 0 Å². The molecule has 200 valence electrons. The van der Waals surface area contributed by atoms with E-state index in [4.69, 9.17) is 9.47 Å². The van der Waals surface area contributed by atoms with Gasteiger partial charge in [-0.15, -0.1) is 0 Å². The Morgan fingerprint density at radius 2 is 1.83 bits per heavy atom. The molecule has 0 unspecified atom stereocenters. The van der Waals surface area contributed by atoms with E-state index in [1.807, 2.05) is 0 Å². The van der Waals surface area contributed by atoms with Crippen LogP contribution >= 0.6 is 0 Å². The summed E-state index contributed by atoms with van der Waals surface area (Å²) < 4.78 is 12.0. The summed E-state index contributed by atoms with van der Waals surface area (Å²) in [5, 5.41) is 0. The van der Waals surface area contributed by atoms with Gasteiger partial charge in [0.05, 0.1) is 5.92 Å². The highest BCUT2D eigenvalue weighted by atomic mass is 16.6. The zero-order valence-corrected chi connectivity index (χ0v) is 23.9. The quantitative estimate of drug-likeness (QED) is 0.300. The minimum atomic E-state index is -0.157. The second-order valence-electron chi connectivity index (χ2n) is 14.4. The van der Waals surface area contributed by atoms with Crippen LogP contribution in [-0.2, 0) is 19.1 Å². The van der Waals surface area contributed by atoms with Crippen molar-refractivity contribution in [3.63, 3.8) is 0 Å². The van der Waals surface area contributed by atoms with E-state index in [9.17, 15) is 9.59 Å². The van der Waals surface area contributed by atoms with Crippen molar-refractivity contribution >= 4 is 11.9 Å². The van der Waals surface area contributed by atoms with Crippen LogP contribution in [0.5, 0.6) is 0 Å². The standard InChI is InChI=1S/C32H48O4/c1-19(2)10-9-11-21-27-24(36-28(21)34)18-32(8)23-12-13-25-29(4,5)26(35-20(3)33)15-16-30(25,6)22(23)14-17-31(27,32)7/h10,12,21-22,24-27H,9,11,13-18H2,1-8H3/t21-,22+,24+,25+,26-,27-,30-,31+,32-/m1/s1. The average molecular weight is 497 g/mol. The van der Waals surface area contributed by atoms with Crippen molar-refractivity contribution in [1.29, 1.82) is 0 Å². The van der Waals surface area contributed by atoms with Crippen molar-refractivity contribution in [2.45, 2.75) is 119 Å². The Kier molecular flexibility index (Phi) is 6.12. The highest BCUT2D eigenvalue weighted by molar-refractivity contribution is 5.76. The molecule has 36 heavy (non-hydrogen) atoms. The van der Waals surface area contributed by atoms with Crippen LogP contribution in [0.3, 0.4) is 0 Å². The van der Waals surface area contributed by atoms with Gasteiger partial charge in [0.1, 0.15) is 12.2 Å². The number of hydrogen-bond donors (Lipinski definition) is 0. The summed E-state index contributed by atoms with van der Waals surface area (Å²) in [6.07, 6.45) is 13.2. The van der Waals surface area contributed by atoms with Crippen LogP contribution in [0.25, 0.3) is 0 Å². The van der Waals surface area contributed by atoms with Gasteiger partial charge in [0.2, 0.25) is 0 Å². The molecule has 0 aromatic rings. The largest absolute Gasteiger partial charge is 0.462 e. The predicted octanol–water partition coefficient (Wildman–Crippen LogP) is 7.42. The summed E-state index contributed by atoms with van der Waals surface area (Å²) >= 11 is 0. The van der Waals surface area contributed by atoms with E-state index in [1.54, 1.807) is 12.5 Å². The third kappa shape index (κ3) is 3.52. The molecule has 9 atom stereocenters. The third-order valence-corrected chi connectivity index (χ3v) is 12.2. The molecule has 5 rings (SSSR count). The molecule has 0 spiro atoms. The molecule has 0 radical (unpaired) electrons. The summed E-state index contributed by atoms with van der Waals surface area (Å²) in [5.74, 6) is 1.30. The first-order valence-electron chi connectivity index (χ1n) is 14.5. The minimum Gasteiger partial charge on any atom is -0.462 e.